The Morgan fingerprint density at radius 3 is 2.76 bits per heavy atom. The van der Waals surface area contributed by atoms with Crippen LogP contribution in [0.25, 0.3) is 0 Å². The Morgan fingerprint density at radius 2 is 2.04 bits per heavy atom. The van der Waals surface area contributed by atoms with E-state index in [0.29, 0.717) is 15.4 Å². The summed E-state index contributed by atoms with van der Waals surface area (Å²) in [5.74, 6) is -1.34. The van der Waals surface area contributed by atoms with Crippen LogP contribution >= 0.6 is 22.9 Å². The van der Waals surface area contributed by atoms with Crippen molar-refractivity contribution in [1.29, 1.82) is 0 Å². The van der Waals surface area contributed by atoms with Crippen LogP contribution in [0.2, 0.25) is 5.02 Å². The predicted molar refractivity (Wildman–Crippen MR) is 97.3 cm³/mol. The first kappa shape index (κ1) is 17.9. The van der Waals surface area contributed by atoms with E-state index in [-0.39, 0.29) is 0 Å². The molecule has 7 heteroatoms. The molecule has 1 amide bonds. The summed E-state index contributed by atoms with van der Waals surface area (Å²) in [6, 6.07) is 5.85. The standard InChI is InChI=1S/C18H19ClN2O3S/c1-11(17(23)24)21-14-8-3-2-4-9-15(14)25-18(21)20-16(22)12-6-5-7-13(19)10-12/h5-7,10-11H,2-4,8-9H2,1H3,(H,23,24). The molecule has 0 bridgehead atoms. The van der Waals surface area contributed by atoms with Crippen molar-refractivity contribution in [2.24, 2.45) is 4.99 Å². The van der Waals surface area contributed by atoms with Crippen molar-refractivity contribution in [2.45, 2.75) is 45.1 Å². The highest BCUT2D eigenvalue weighted by atomic mass is 35.5. The van der Waals surface area contributed by atoms with Crippen LogP contribution in [-0.4, -0.2) is 21.6 Å². The third-order valence-corrected chi connectivity index (χ3v) is 5.76. The lowest BCUT2D eigenvalue weighted by Gasteiger charge is -2.13. The smallest absolute Gasteiger partial charge is 0.326 e. The van der Waals surface area contributed by atoms with E-state index >= 15 is 0 Å². The van der Waals surface area contributed by atoms with Gasteiger partial charge in [0.1, 0.15) is 6.04 Å². The number of thiazole rings is 1. The summed E-state index contributed by atoms with van der Waals surface area (Å²) >= 11 is 7.37. The zero-order valence-electron chi connectivity index (χ0n) is 13.9. The van der Waals surface area contributed by atoms with E-state index in [1.54, 1.807) is 35.8 Å². The summed E-state index contributed by atoms with van der Waals surface area (Å²) in [5, 5.41) is 9.94. The average Bonchev–Trinajstić information content (AvgIpc) is 2.75. The highest BCUT2D eigenvalue weighted by Gasteiger charge is 2.23. The topological polar surface area (TPSA) is 71.7 Å². The van der Waals surface area contributed by atoms with Crippen LogP contribution in [0.1, 0.15) is 53.2 Å². The van der Waals surface area contributed by atoms with E-state index in [4.69, 9.17) is 11.6 Å². The lowest BCUT2D eigenvalue weighted by atomic mass is 10.2. The second kappa shape index (κ2) is 7.54. The number of nitrogens with zero attached hydrogens (tertiary/aromatic N) is 2. The van der Waals surface area contributed by atoms with Crippen molar-refractivity contribution in [3.05, 3.63) is 50.2 Å². The zero-order chi connectivity index (χ0) is 18.0. The molecule has 0 fully saturated rings. The van der Waals surface area contributed by atoms with Crippen LogP contribution in [-0.2, 0) is 17.6 Å². The zero-order valence-corrected chi connectivity index (χ0v) is 15.4. The van der Waals surface area contributed by atoms with Crippen molar-refractivity contribution in [2.75, 3.05) is 0 Å². The van der Waals surface area contributed by atoms with Crippen molar-refractivity contribution < 1.29 is 14.7 Å². The fraction of sp³-hybridized carbons (Fsp3) is 0.389. The van der Waals surface area contributed by atoms with Crippen LogP contribution in [0, 0.1) is 0 Å². The molecule has 1 aliphatic carbocycles. The number of rotatable bonds is 3. The second-order valence-corrected chi connectivity index (χ2v) is 7.63. The molecule has 1 atom stereocenters. The molecule has 1 N–H and O–H groups in total. The number of aliphatic carboxylic acids is 1. The molecule has 2 aromatic rings. The molecule has 1 aliphatic rings. The van der Waals surface area contributed by atoms with Gasteiger partial charge in [0.15, 0.2) is 4.80 Å². The molecule has 0 saturated carbocycles. The van der Waals surface area contributed by atoms with Crippen LogP contribution < -0.4 is 4.80 Å². The van der Waals surface area contributed by atoms with Gasteiger partial charge in [-0.25, -0.2) is 4.79 Å². The van der Waals surface area contributed by atoms with Gasteiger partial charge in [-0.05, 0) is 50.8 Å². The van der Waals surface area contributed by atoms with Gasteiger partial charge in [-0.1, -0.05) is 24.1 Å². The molecule has 132 valence electrons. The third-order valence-electron chi connectivity index (χ3n) is 4.36. The minimum atomic E-state index is -0.929. The number of carboxylic acid groups (broad SMARTS) is 1. The summed E-state index contributed by atoms with van der Waals surface area (Å²) in [5.41, 5.74) is 1.40. The molecule has 1 unspecified atom stereocenters. The molecular weight excluding hydrogens is 360 g/mol. The van der Waals surface area contributed by atoms with Crippen molar-refractivity contribution in [1.82, 2.24) is 4.57 Å². The maximum absolute atomic E-state index is 12.5. The summed E-state index contributed by atoms with van der Waals surface area (Å²) in [4.78, 5) is 29.9. The van der Waals surface area contributed by atoms with Crippen LogP contribution in [0.4, 0.5) is 0 Å². The number of amides is 1. The monoisotopic (exact) mass is 378 g/mol. The van der Waals surface area contributed by atoms with Crippen molar-refractivity contribution in [3.63, 3.8) is 0 Å². The number of benzene rings is 1. The number of aromatic nitrogens is 1. The number of hydrogen-bond donors (Lipinski definition) is 1. The van der Waals surface area contributed by atoms with Gasteiger partial charge in [-0.3, -0.25) is 4.79 Å². The largest absolute Gasteiger partial charge is 0.480 e. The fourth-order valence-corrected chi connectivity index (χ4v) is 4.51. The quantitative estimate of drug-likeness (QED) is 0.824. The molecule has 0 radical (unpaired) electrons. The Morgan fingerprint density at radius 1 is 1.28 bits per heavy atom. The third kappa shape index (κ3) is 3.85. The van der Waals surface area contributed by atoms with Gasteiger partial charge in [-0.15, -0.1) is 11.3 Å². The number of aryl methyl sites for hydroxylation is 1. The predicted octanol–water partition coefficient (Wildman–Crippen LogP) is 3.86. The van der Waals surface area contributed by atoms with Crippen molar-refractivity contribution >= 4 is 34.8 Å². The highest BCUT2D eigenvalue weighted by molar-refractivity contribution is 7.09. The number of carbonyl (C=O) groups excluding carboxylic acids is 1. The average molecular weight is 379 g/mol. The lowest BCUT2D eigenvalue weighted by molar-refractivity contribution is -0.140. The molecule has 0 saturated heterocycles. The Labute approximate surface area is 154 Å². The van der Waals surface area contributed by atoms with E-state index in [9.17, 15) is 14.7 Å². The Hall–Kier alpha value is -1.92. The van der Waals surface area contributed by atoms with Gasteiger partial charge in [0, 0.05) is 21.2 Å². The summed E-state index contributed by atoms with van der Waals surface area (Å²) in [7, 11) is 0. The summed E-state index contributed by atoms with van der Waals surface area (Å²) < 4.78 is 1.72. The summed E-state index contributed by atoms with van der Waals surface area (Å²) in [6.07, 6.45) is 4.97. The van der Waals surface area contributed by atoms with E-state index in [1.165, 1.54) is 11.3 Å². The Balaban J connectivity index is 2.11. The van der Waals surface area contributed by atoms with E-state index in [0.717, 1.165) is 42.7 Å². The molecule has 0 spiro atoms. The van der Waals surface area contributed by atoms with E-state index < -0.39 is 17.9 Å². The van der Waals surface area contributed by atoms with E-state index in [1.807, 2.05) is 0 Å². The molecular formula is C18H19ClN2O3S. The van der Waals surface area contributed by atoms with Crippen molar-refractivity contribution in [3.8, 4) is 0 Å². The lowest BCUT2D eigenvalue weighted by Crippen LogP contribution is -2.27. The maximum atomic E-state index is 12.5. The first-order chi connectivity index (χ1) is 12.0. The van der Waals surface area contributed by atoms with Gasteiger partial charge in [-0.2, -0.15) is 4.99 Å². The summed E-state index contributed by atoms with van der Waals surface area (Å²) in [6.45, 7) is 1.63. The second-order valence-electron chi connectivity index (χ2n) is 6.13. The van der Waals surface area contributed by atoms with Crippen LogP contribution in [0.3, 0.4) is 0 Å². The molecule has 5 nitrogen and oxygen atoms in total. The molecule has 0 aliphatic heterocycles. The molecule has 1 aromatic heterocycles. The van der Waals surface area contributed by atoms with Crippen LogP contribution in [0.15, 0.2) is 29.3 Å². The minimum absolute atomic E-state index is 0.394. The SMILES string of the molecule is CC(C(=O)O)n1c2c(sc1=NC(=O)c1cccc(Cl)c1)CCCCC2. The van der Waals surface area contributed by atoms with Gasteiger partial charge in [0.2, 0.25) is 0 Å². The minimum Gasteiger partial charge on any atom is -0.480 e. The Kier molecular flexibility index (Phi) is 5.39. The number of carbonyl (C=O) groups is 2. The molecule has 1 heterocycles. The van der Waals surface area contributed by atoms with Crippen LogP contribution in [0.5, 0.6) is 0 Å². The van der Waals surface area contributed by atoms with Gasteiger partial charge >= 0.3 is 5.97 Å². The number of carboxylic acids is 1. The molecule has 25 heavy (non-hydrogen) atoms. The van der Waals surface area contributed by atoms with Gasteiger partial charge in [0.25, 0.3) is 5.91 Å². The number of hydrogen-bond acceptors (Lipinski definition) is 3. The normalized spacial score (nSPS) is 16.2. The highest BCUT2D eigenvalue weighted by Crippen LogP contribution is 2.25. The first-order valence-corrected chi connectivity index (χ1v) is 9.47. The first-order valence-electron chi connectivity index (χ1n) is 8.28. The van der Waals surface area contributed by atoms with Gasteiger partial charge < -0.3 is 9.67 Å². The fourth-order valence-electron chi connectivity index (χ4n) is 3.04. The van der Waals surface area contributed by atoms with Gasteiger partial charge in [0.05, 0.1) is 0 Å². The number of fused-ring (bicyclic) bond motifs is 1. The van der Waals surface area contributed by atoms with E-state index in [2.05, 4.69) is 4.99 Å². The maximum Gasteiger partial charge on any atom is 0.326 e. The molecule has 3 rings (SSSR count). The Bertz CT molecular complexity index is 885. The number of halogens is 1. The molecule has 1 aromatic carbocycles.